The first-order valence-electron chi connectivity index (χ1n) is 7.46. The van der Waals surface area contributed by atoms with E-state index in [1.165, 1.54) is 13.8 Å². The van der Waals surface area contributed by atoms with E-state index in [-0.39, 0.29) is 16.3 Å². The highest BCUT2D eigenvalue weighted by Crippen LogP contribution is 2.34. The second kappa shape index (κ2) is 7.39. The molecular weight excluding hydrogens is 391 g/mol. The van der Waals surface area contributed by atoms with Crippen LogP contribution in [0.25, 0.3) is 0 Å². The van der Waals surface area contributed by atoms with Crippen LogP contribution in [0.1, 0.15) is 24.1 Å². The van der Waals surface area contributed by atoms with Crippen LogP contribution in [-0.4, -0.2) is 15.4 Å². The first-order valence-corrected chi connectivity index (χ1v) is 7.84. The number of amides is 1. The van der Waals surface area contributed by atoms with Crippen LogP contribution in [0.3, 0.4) is 0 Å². The van der Waals surface area contributed by atoms with Crippen LogP contribution in [0.5, 0.6) is 0 Å². The van der Waals surface area contributed by atoms with Crippen LogP contribution in [0.2, 0.25) is 5.02 Å². The molecule has 0 spiro atoms. The Morgan fingerprint density at radius 2 is 1.96 bits per heavy atom. The smallest absolute Gasteiger partial charge is 0.323 e. The first-order chi connectivity index (χ1) is 12.4. The summed E-state index contributed by atoms with van der Waals surface area (Å²) in [5.41, 5.74) is -2.31. The van der Waals surface area contributed by atoms with Crippen molar-refractivity contribution < 1.29 is 22.9 Å². The fourth-order valence-electron chi connectivity index (χ4n) is 2.27. The van der Waals surface area contributed by atoms with Gasteiger partial charge in [0.15, 0.2) is 0 Å². The Hall–Kier alpha value is -2.88. The number of anilines is 1. The second-order valence-corrected chi connectivity index (χ2v) is 6.12. The molecular formula is C16H13ClF3N3O4. The van der Waals surface area contributed by atoms with Crippen molar-refractivity contribution in [3.63, 3.8) is 0 Å². The summed E-state index contributed by atoms with van der Waals surface area (Å²) in [5, 5.41) is 13.0. The quantitative estimate of drug-likeness (QED) is 0.618. The molecule has 0 radical (unpaired) electrons. The average molecular weight is 404 g/mol. The number of nitrogens with one attached hydrogen (secondary N) is 1. The van der Waals surface area contributed by atoms with Crippen LogP contribution >= 0.6 is 11.6 Å². The molecule has 0 bridgehead atoms. The summed E-state index contributed by atoms with van der Waals surface area (Å²) in [6.07, 6.45) is -3.74. The van der Waals surface area contributed by atoms with Gasteiger partial charge in [0.05, 0.1) is 27.4 Å². The minimum absolute atomic E-state index is 0.0425. The molecule has 1 atom stereocenters. The van der Waals surface area contributed by atoms with Crippen LogP contribution in [0.4, 0.5) is 24.5 Å². The van der Waals surface area contributed by atoms with Gasteiger partial charge in [0, 0.05) is 11.6 Å². The molecule has 1 aromatic carbocycles. The number of nitro groups is 1. The predicted octanol–water partition coefficient (Wildman–Crippen LogP) is 3.94. The molecule has 0 aliphatic heterocycles. The number of nitrogens with zero attached hydrogens (tertiary/aromatic N) is 2. The number of hydrogen-bond acceptors (Lipinski definition) is 4. The van der Waals surface area contributed by atoms with Crippen molar-refractivity contribution in [2.75, 3.05) is 5.32 Å². The van der Waals surface area contributed by atoms with E-state index in [0.29, 0.717) is 6.07 Å². The third-order valence-corrected chi connectivity index (χ3v) is 4.10. The van der Waals surface area contributed by atoms with Crippen LogP contribution in [0.15, 0.2) is 35.3 Å². The molecule has 0 aliphatic rings. The van der Waals surface area contributed by atoms with Gasteiger partial charge < -0.3 is 5.32 Å². The number of halogens is 4. The molecule has 2 rings (SSSR count). The van der Waals surface area contributed by atoms with Gasteiger partial charge in [-0.2, -0.15) is 13.2 Å². The van der Waals surface area contributed by atoms with Crippen molar-refractivity contribution in [1.82, 2.24) is 4.57 Å². The van der Waals surface area contributed by atoms with Crippen molar-refractivity contribution in [2.24, 2.45) is 0 Å². The largest absolute Gasteiger partial charge is 0.416 e. The molecule has 0 saturated heterocycles. The fraction of sp³-hybridized carbons (Fsp3) is 0.250. The lowest BCUT2D eigenvalue weighted by Gasteiger charge is -2.17. The summed E-state index contributed by atoms with van der Waals surface area (Å²) in [4.78, 5) is 34.8. The van der Waals surface area contributed by atoms with E-state index in [2.05, 4.69) is 5.32 Å². The summed E-state index contributed by atoms with van der Waals surface area (Å²) in [6, 6.07) is 2.23. The van der Waals surface area contributed by atoms with Crippen molar-refractivity contribution in [1.29, 1.82) is 0 Å². The minimum Gasteiger partial charge on any atom is -0.323 e. The van der Waals surface area contributed by atoms with Gasteiger partial charge in [-0.15, -0.1) is 0 Å². The molecule has 1 N–H and O–H groups in total. The summed E-state index contributed by atoms with van der Waals surface area (Å²) < 4.78 is 39.3. The fourth-order valence-corrected chi connectivity index (χ4v) is 2.44. The van der Waals surface area contributed by atoms with E-state index in [1.807, 2.05) is 0 Å². The van der Waals surface area contributed by atoms with Crippen molar-refractivity contribution in [3.05, 3.63) is 67.1 Å². The van der Waals surface area contributed by atoms with Gasteiger partial charge in [0.1, 0.15) is 6.04 Å². The summed E-state index contributed by atoms with van der Waals surface area (Å²) in [7, 11) is 0. The standard InChI is InChI=1S/C16H13ClF3N3O4/c1-8-5-11(23(26)27)7-22(15(8)25)9(2)14(24)21-13-6-10(16(18,19)20)3-4-12(13)17/h3-7,9H,1-2H3,(H,21,24). The summed E-state index contributed by atoms with van der Waals surface area (Å²) >= 11 is 5.82. The molecule has 2 aromatic rings. The lowest BCUT2D eigenvalue weighted by Crippen LogP contribution is -2.32. The van der Waals surface area contributed by atoms with Crippen LogP contribution < -0.4 is 10.9 Å². The van der Waals surface area contributed by atoms with E-state index < -0.39 is 39.9 Å². The topological polar surface area (TPSA) is 94.2 Å². The molecule has 0 saturated carbocycles. The Bertz CT molecular complexity index is 972. The van der Waals surface area contributed by atoms with E-state index in [1.54, 1.807) is 0 Å². The van der Waals surface area contributed by atoms with Crippen LogP contribution in [0, 0.1) is 17.0 Å². The third kappa shape index (κ3) is 4.45. The summed E-state index contributed by atoms with van der Waals surface area (Å²) in [5.74, 6) is -0.863. The molecule has 1 amide bonds. The van der Waals surface area contributed by atoms with Crippen molar-refractivity contribution in [2.45, 2.75) is 26.1 Å². The van der Waals surface area contributed by atoms with E-state index in [9.17, 15) is 32.9 Å². The van der Waals surface area contributed by atoms with Gasteiger partial charge in [0.25, 0.3) is 11.2 Å². The number of carbonyl (C=O) groups is 1. The number of aromatic nitrogens is 1. The van der Waals surface area contributed by atoms with Gasteiger partial charge in [-0.1, -0.05) is 11.6 Å². The number of alkyl halides is 3. The van der Waals surface area contributed by atoms with Gasteiger partial charge in [-0.3, -0.25) is 24.3 Å². The monoisotopic (exact) mass is 403 g/mol. The maximum atomic E-state index is 12.8. The van der Waals surface area contributed by atoms with E-state index >= 15 is 0 Å². The minimum atomic E-state index is -4.64. The molecule has 0 fully saturated rings. The molecule has 0 aliphatic carbocycles. The number of aryl methyl sites for hydroxylation is 1. The highest BCUT2D eigenvalue weighted by molar-refractivity contribution is 6.33. The molecule has 7 nitrogen and oxygen atoms in total. The van der Waals surface area contributed by atoms with Crippen molar-refractivity contribution in [3.8, 4) is 0 Å². The lowest BCUT2D eigenvalue weighted by atomic mass is 10.2. The molecule has 1 aromatic heterocycles. The number of rotatable bonds is 4. The zero-order chi connectivity index (χ0) is 20.5. The van der Waals surface area contributed by atoms with E-state index in [0.717, 1.165) is 29.0 Å². The Kier molecular flexibility index (Phi) is 5.59. The molecule has 1 heterocycles. The van der Waals surface area contributed by atoms with Gasteiger partial charge in [0.2, 0.25) is 5.91 Å². The molecule has 27 heavy (non-hydrogen) atoms. The Morgan fingerprint density at radius 1 is 1.33 bits per heavy atom. The highest BCUT2D eigenvalue weighted by atomic mass is 35.5. The third-order valence-electron chi connectivity index (χ3n) is 3.77. The lowest BCUT2D eigenvalue weighted by molar-refractivity contribution is -0.385. The Balaban J connectivity index is 2.37. The molecule has 144 valence electrons. The highest BCUT2D eigenvalue weighted by Gasteiger charge is 2.31. The van der Waals surface area contributed by atoms with Crippen LogP contribution in [-0.2, 0) is 11.0 Å². The van der Waals surface area contributed by atoms with Gasteiger partial charge in [-0.05, 0) is 32.0 Å². The van der Waals surface area contributed by atoms with Crippen molar-refractivity contribution >= 4 is 28.9 Å². The maximum absolute atomic E-state index is 12.8. The van der Waals surface area contributed by atoms with E-state index in [4.69, 9.17) is 11.6 Å². The number of carbonyl (C=O) groups excluding carboxylic acids is 1. The summed E-state index contributed by atoms with van der Waals surface area (Å²) in [6.45, 7) is 2.63. The second-order valence-electron chi connectivity index (χ2n) is 5.71. The Labute approximate surface area is 155 Å². The number of pyridine rings is 1. The maximum Gasteiger partial charge on any atom is 0.416 e. The Morgan fingerprint density at radius 3 is 2.52 bits per heavy atom. The molecule has 1 unspecified atom stereocenters. The average Bonchev–Trinajstić information content (AvgIpc) is 2.57. The van der Waals surface area contributed by atoms with Gasteiger partial charge in [-0.25, -0.2) is 0 Å². The normalized spacial score (nSPS) is 12.5. The van der Waals surface area contributed by atoms with Gasteiger partial charge >= 0.3 is 6.18 Å². The first kappa shape index (κ1) is 20.4. The SMILES string of the molecule is Cc1cc([N+](=O)[O-])cn(C(C)C(=O)Nc2cc(C(F)(F)F)ccc2Cl)c1=O. The number of hydrogen-bond donors (Lipinski definition) is 1. The zero-order valence-electron chi connectivity index (χ0n) is 14.0. The predicted molar refractivity (Wildman–Crippen MR) is 91.9 cm³/mol. The molecule has 11 heteroatoms. The zero-order valence-corrected chi connectivity index (χ0v) is 14.8. The number of benzene rings is 1.